The smallest absolute Gasteiger partial charge is 0.381 e. The zero-order valence-electron chi connectivity index (χ0n) is 18.3. The van der Waals surface area contributed by atoms with Gasteiger partial charge in [-0.1, -0.05) is 13.0 Å². The largest absolute Gasteiger partial charge is 0.423 e. The molecule has 0 unspecified atom stereocenters. The minimum Gasteiger partial charge on any atom is -0.381 e. The van der Waals surface area contributed by atoms with Crippen molar-refractivity contribution < 1.29 is 49.4 Å². The van der Waals surface area contributed by atoms with E-state index >= 15 is 0 Å². The van der Waals surface area contributed by atoms with Gasteiger partial charge in [0.15, 0.2) is 0 Å². The van der Waals surface area contributed by atoms with Gasteiger partial charge in [0.25, 0.3) is 0 Å². The molecule has 194 valence electrons. The normalized spacial score (nSPS) is 14.4. The minimum atomic E-state index is -5.63. The molecular weight excluding hydrogens is 495 g/mol. The number of carbonyl (C=O) groups excluding carboxylic acids is 1. The number of nitrogens with one attached hydrogen (secondary N) is 2. The maximum absolute atomic E-state index is 13.8. The van der Waals surface area contributed by atoms with Gasteiger partial charge in [0.2, 0.25) is 11.5 Å². The summed E-state index contributed by atoms with van der Waals surface area (Å²) in [7, 11) is 0. The van der Waals surface area contributed by atoms with E-state index in [-0.39, 0.29) is 42.8 Å². The Labute approximate surface area is 194 Å². The molecule has 3 N–H and O–H groups in total. The van der Waals surface area contributed by atoms with E-state index in [1.54, 1.807) is 13.8 Å². The summed E-state index contributed by atoms with van der Waals surface area (Å²) < 4.78 is 120. The highest BCUT2D eigenvalue weighted by Gasteiger charge is 2.56. The Morgan fingerprint density at radius 2 is 1.37 bits per heavy atom. The molecule has 1 amide bonds. The zero-order chi connectivity index (χ0) is 26.8. The van der Waals surface area contributed by atoms with Gasteiger partial charge in [0.1, 0.15) is 0 Å². The van der Waals surface area contributed by atoms with Crippen LogP contribution in [0.1, 0.15) is 41.2 Å². The first-order chi connectivity index (χ1) is 15.9. The first kappa shape index (κ1) is 28.3. The van der Waals surface area contributed by atoms with Crippen LogP contribution in [0.3, 0.4) is 0 Å². The second kappa shape index (κ2) is 9.96. The van der Waals surface area contributed by atoms with E-state index < -0.39 is 47.4 Å². The molecule has 0 aliphatic carbocycles. The summed E-state index contributed by atoms with van der Waals surface area (Å²) in [4.78, 5) is 11.4. The van der Waals surface area contributed by atoms with Crippen molar-refractivity contribution in [2.45, 2.75) is 50.9 Å². The van der Waals surface area contributed by atoms with E-state index in [1.165, 1.54) is 18.2 Å². The number of halogens is 9. The molecule has 2 aromatic rings. The standard InChI is InChI=1S/C22H21F9N2O2/c1-3-18(34)32-10-13-4-5-17(6-12(13)2)33-11-19(35,22(29,30)31)14-7-15(20(23,24)25)9-16(8-14)21(26,27)28/h4-9,33,35H,3,10-11H2,1-2H3,(H,32,34)/t19-/m0/s1. The predicted molar refractivity (Wildman–Crippen MR) is 108 cm³/mol. The number of anilines is 1. The number of rotatable bonds is 7. The molecule has 0 aromatic heterocycles. The Morgan fingerprint density at radius 1 is 0.857 bits per heavy atom. The van der Waals surface area contributed by atoms with Gasteiger partial charge in [-0.15, -0.1) is 0 Å². The van der Waals surface area contributed by atoms with Crippen LogP contribution in [0.2, 0.25) is 0 Å². The van der Waals surface area contributed by atoms with Crippen molar-refractivity contribution in [1.29, 1.82) is 0 Å². The number of aliphatic hydroxyl groups is 1. The van der Waals surface area contributed by atoms with Gasteiger partial charge < -0.3 is 15.7 Å². The Hall–Kier alpha value is -2.96. The highest BCUT2D eigenvalue weighted by molar-refractivity contribution is 5.75. The van der Waals surface area contributed by atoms with Crippen LogP contribution in [-0.4, -0.2) is 23.7 Å². The van der Waals surface area contributed by atoms with Crippen LogP contribution in [0.25, 0.3) is 0 Å². The van der Waals surface area contributed by atoms with Crippen LogP contribution in [0.5, 0.6) is 0 Å². The average Bonchev–Trinajstić information content (AvgIpc) is 2.74. The molecule has 2 aromatic carbocycles. The first-order valence-corrected chi connectivity index (χ1v) is 10.1. The topological polar surface area (TPSA) is 61.4 Å². The Balaban J connectivity index is 2.43. The maximum atomic E-state index is 13.8. The van der Waals surface area contributed by atoms with Crippen molar-refractivity contribution in [1.82, 2.24) is 5.32 Å². The number of hydrogen-bond acceptors (Lipinski definition) is 3. The van der Waals surface area contributed by atoms with Crippen molar-refractivity contribution in [3.05, 3.63) is 64.2 Å². The third-order valence-corrected chi connectivity index (χ3v) is 5.22. The van der Waals surface area contributed by atoms with Crippen molar-refractivity contribution in [2.75, 3.05) is 11.9 Å². The molecule has 2 rings (SSSR count). The summed E-state index contributed by atoms with van der Waals surface area (Å²) in [6.45, 7) is 1.88. The average molecular weight is 516 g/mol. The van der Waals surface area contributed by atoms with Gasteiger partial charge in [-0.05, 0) is 53.9 Å². The number of carbonyl (C=O) groups is 1. The lowest BCUT2D eigenvalue weighted by atomic mass is 9.89. The molecule has 0 aliphatic heterocycles. The summed E-state index contributed by atoms with van der Waals surface area (Å²) in [5.74, 6) is -0.235. The van der Waals surface area contributed by atoms with Crippen LogP contribution in [0.4, 0.5) is 45.2 Å². The lowest BCUT2D eigenvalue weighted by Gasteiger charge is -2.32. The number of alkyl halides is 9. The Morgan fingerprint density at radius 3 is 1.80 bits per heavy atom. The van der Waals surface area contributed by atoms with E-state index in [2.05, 4.69) is 10.6 Å². The fraction of sp³-hybridized carbons (Fsp3) is 0.409. The predicted octanol–water partition coefficient (Wildman–Crippen LogP) is 5.92. The molecule has 1 atom stereocenters. The van der Waals surface area contributed by atoms with E-state index in [0.717, 1.165) is 0 Å². The summed E-state index contributed by atoms with van der Waals surface area (Å²) in [5, 5.41) is 15.2. The van der Waals surface area contributed by atoms with Crippen LogP contribution in [-0.2, 0) is 29.3 Å². The first-order valence-electron chi connectivity index (χ1n) is 10.1. The number of aryl methyl sites for hydroxylation is 1. The zero-order valence-corrected chi connectivity index (χ0v) is 18.3. The minimum absolute atomic E-state index is 0.0127. The third-order valence-electron chi connectivity index (χ3n) is 5.22. The molecule has 0 saturated heterocycles. The van der Waals surface area contributed by atoms with Crippen LogP contribution in [0.15, 0.2) is 36.4 Å². The molecule has 0 fully saturated rings. The van der Waals surface area contributed by atoms with Gasteiger partial charge >= 0.3 is 18.5 Å². The summed E-state index contributed by atoms with van der Waals surface area (Å²) in [6, 6.07) is 3.48. The summed E-state index contributed by atoms with van der Waals surface area (Å²) in [5.41, 5.74) is -8.51. The monoisotopic (exact) mass is 516 g/mol. The molecule has 0 radical (unpaired) electrons. The highest BCUT2D eigenvalue weighted by Crippen LogP contribution is 2.44. The van der Waals surface area contributed by atoms with Crippen molar-refractivity contribution in [3.8, 4) is 0 Å². The molecular formula is C22H21F9N2O2. The van der Waals surface area contributed by atoms with Gasteiger partial charge in [0.05, 0.1) is 17.7 Å². The van der Waals surface area contributed by atoms with E-state index in [1.807, 2.05) is 0 Å². The van der Waals surface area contributed by atoms with Crippen LogP contribution in [0, 0.1) is 6.92 Å². The third kappa shape index (κ3) is 6.80. The van der Waals surface area contributed by atoms with Crippen molar-refractivity contribution in [2.24, 2.45) is 0 Å². The molecule has 0 spiro atoms. The molecule has 4 nitrogen and oxygen atoms in total. The maximum Gasteiger partial charge on any atom is 0.423 e. The second-order valence-electron chi connectivity index (χ2n) is 7.78. The molecule has 0 saturated carbocycles. The summed E-state index contributed by atoms with van der Waals surface area (Å²) in [6.07, 6.45) is -16.2. The molecule has 0 aliphatic rings. The van der Waals surface area contributed by atoms with Gasteiger partial charge in [-0.2, -0.15) is 39.5 Å². The second-order valence-corrected chi connectivity index (χ2v) is 7.78. The van der Waals surface area contributed by atoms with E-state index in [9.17, 15) is 49.4 Å². The SMILES string of the molecule is CCC(=O)NCc1ccc(NC[C@](O)(c2cc(C(F)(F)F)cc(C(F)(F)F)c2)C(F)(F)F)cc1C. The van der Waals surface area contributed by atoms with E-state index in [4.69, 9.17) is 0 Å². The Bertz CT molecular complexity index is 1030. The van der Waals surface area contributed by atoms with Gasteiger partial charge in [-0.3, -0.25) is 4.79 Å². The van der Waals surface area contributed by atoms with Crippen LogP contribution >= 0.6 is 0 Å². The summed E-state index contributed by atoms with van der Waals surface area (Å²) >= 11 is 0. The number of amides is 1. The number of benzene rings is 2. The highest BCUT2D eigenvalue weighted by atomic mass is 19.4. The lowest BCUT2D eigenvalue weighted by Crippen LogP contribution is -2.48. The van der Waals surface area contributed by atoms with Gasteiger partial charge in [0, 0.05) is 18.7 Å². The Kier molecular flexibility index (Phi) is 8.04. The quantitative estimate of drug-likeness (QED) is 0.401. The molecule has 0 bridgehead atoms. The van der Waals surface area contributed by atoms with Crippen LogP contribution < -0.4 is 10.6 Å². The molecule has 13 heteroatoms. The van der Waals surface area contributed by atoms with Gasteiger partial charge in [-0.25, -0.2) is 0 Å². The number of hydrogen-bond donors (Lipinski definition) is 3. The fourth-order valence-corrected chi connectivity index (χ4v) is 3.11. The fourth-order valence-electron chi connectivity index (χ4n) is 3.11. The lowest BCUT2D eigenvalue weighted by molar-refractivity contribution is -0.261. The molecule has 0 heterocycles. The van der Waals surface area contributed by atoms with Crippen molar-refractivity contribution in [3.63, 3.8) is 0 Å². The van der Waals surface area contributed by atoms with E-state index in [0.29, 0.717) is 11.1 Å². The van der Waals surface area contributed by atoms with Crippen molar-refractivity contribution >= 4 is 11.6 Å². The molecule has 35 heavy (non-hydrogen) atoms.